The van der Waals surface area contributed by atoms with Gasteiger partial charge < -0.3 is 9.64 Å². The van der Waals surface area contributed by atoms with E-state index in [0.29, 0.717) is 6.54 Å². The van der Waals surface area contributed by atoms with Gasteiger partial charge in [-0.1, -0.05) is 0 Å². The van der Waals surface area contributed by atoms with Crippen molar-refractivity contribution in [3.05, 3.63) is 59.7 Å². The minimum atomic E-state index is 0.667. The Balaban J connectivity index is 1.50. The lowest BCUT2D eigenvalue weighted by atomic mass is 10.0. The van der Waals surface area contributed by atoms with Crippen LogP contribution in [0.25, 0.3) is 11.3 Å². The van der Waals surface area contributed by atoms with Gasteiger partial charge in [0.2, 0.25) is 0 Å². The van der Waals surface area contributed by atoms with Crippen molar-refractivity contribution < 1.29 is 4.74 Å². The third-order valence-corrected chi connectivity index (χ3v) is 5.00. The summed E-state index contributed by atoms with van der Waals surface area (Å²) in [7, 11) is 1.91. The first-order chi connectivity index (χ1) is 13.3. The zero-order valence-electron chi connectivity index (χ0n) is 15.2. The zero-order valence-corrected chi connectivity index (χ0v) is 15.2. The smallest absolute Gasteiger partial charge is 0.129 e. The average molecular weight is 360 g/mol. The van der Waals surface area contributed by atoms with Crippen LogP contribution < -0.4 is 4.90 Å². The second-order valence-electron chi connectivity index (χ2n) is 6.80. The summed E-state index contributed by atoms with van der Waals surface area (Å²) in [6.07, 6.45) is 7.61. The van der Waals surface area contributed by atoms with Gasteiger partial charge in [-0.25, -0.2) is 4.98 Å². The maximum absolute atomic E-state index is 5.45. The van der Waals surface area contributed by atoms with Gasteiger partial charge in [0.05, 0.1) is 37.4 Å². The van der Waals surface area contributed by atoms with E-state index < -0.39 is 0 Å². The number of rotatable bonds is 3. The Morgan fingerprint density at radius 2 is 1.93 bits per heavy atom. The highest BCUT2D eigenvalue weighted by Crippen LogP contribution is 2.27. The van der Waals surface area contributed by atoms with Crippen LogP contribution in [0.4, 0.5) is 5.82 Å². The van der Waals surface area contributed by atoms with Crippen LogP contribution in [0.15, 0.2) is 48.0 Å². The summed E-state index contributed by atoms with van der Waals surface area (Å²) < 4.78 is 7.24. The monoisotopic (exact) mass is 360 g/mol. The van der Waals surface area contributed by atoms with Gasteiger partial charge in [0, 0.05) is 61.0 Å². The Kier molecular flexibility index (Phi) is 3.94. The van der Waals surface area contributed by atoms with E-state index in [9.17, 15) is 0 Å². The Labute approximate surface area is 157 Å². The number of hydrogen-bond donors (Lipinski definition) is 0. The lowest BCUT2D eigenvalue weighted by Crippen LogP contribution is -2.36. The van der Waals surface area contributed by atoms with Crippen molar-refractivity contribution in [2.75, 3.05) is 31.2 Å². The third kappa shape index (κ3) is 3.00. The van der Waals surface area contributed by atoms with Crippen molar-refractivity contribution in [1.29, 1.82) is 0 Å². The molecule has 7 heteroatoms. The first kappa shape index (κ1) is 16.1. The summed E-state index contributed by atoms with van der Waals surface area (Å²) >= 11 is 0. The predicted molar refractivity (Wildman–Crippen MR) is 103 cm³/mol. The summed E-state index contributed by atoms with van der Waals surface area (Å²) in [5.41, 5.74) is 6.32. The number of morpholine rings is 1. The fourth-order valence-electron chi connectivity index (χ4n) is 3.57. The van der Waals surface area contributed by atoms with Gasteiger partial charge in [-0.15, -0.1) is 0 Å². The minimum absolute atomic E-state index is 0.667. The molecule has 5 heterocycles. The lowest BCUT2D eigenvalue weighted by Gasteiger charge is -2.28. The molecule has 3 aromatic rings. The largest absolute Gasteiger partial charge is 0.378 e. The van der Waals surface area contributed by atoms with Crippen LogP contribution in [-0.4, -0.2) is 51.8 Å². The van der Waals surface area contributed by atoms with E-state index in [-0.39, 0.29) is 0 Å². The van der Waals surface area contributed by atoms with Crippen LogP contribution >= 0.6 is 0 Å². The molecule has 0 amide bonds. The highest BCUT2D eigenvalue weighted by atomic mass is 16.5. The van der Waals surface area contributed by atoms with E-state index in [1.54, 1.807) is 4.68 Å². The summed E-state index contributed by atoms with van der Waals surface area (Å²) in [4.78, 5) is 16.2. The molecular weight excluding hydrogens is 340 g/mol. The Morgan fingerprint density at radius 1 is 1.04 bits per heavy atom. The van der Waals surface area contributed by atoms with E-state index in [1.165, 1.54) is 0 Å². The first-order valence-corrected chi connectivity index (χ1v) is 9.10. The standard InChI is InChI=1S/C20H20N6O/c1-25-13-16(12-24-25)18-9-17-15(10-22-18)11-23-20(17)14-2-3-21-19(8-14)26-4-6-27-7-5-26/h2-3,8-10,12-13H,4-7,11H2,1H3. The van der Waals surface area contributed by atoms with Crippen LogP contribution in [0.1, 0.15) is 16.7 Å². The summed E-state index contributed by atoms with van der Waals surface area (Å²) in [5.74, 6) is 0.980. The molecule has 2 aliphatic rings. The molecule has 1 fully saturated rings. The van der Waals surface area contributed by atoms with E-state index in [2.05, 4.69) is 32.1 Å². The molecule has 27 heavy (non-hydrogen) atoms. The van der Waals surface area contributed by atoms with Gasteiger partial charge in [0.1, 0.15) is 5.82 Å². The van der Waals surface area contributed by atoms with Crippen LogP contribution in [0.2, 0.25) is 0 Å². The summed E-state index contributed by atoms with van der Waals surface area (Å²) in [5, 5.41) is 4.25. The molecule has 0 bridgehead atoms. The minimum Gasteiger partial charge on any atom is -0.378 e. The fourth-order valence-corrected chi connectivity index (χ4v) is 3.57. The number of ether oxygens (including phenoxy) is 1. The molecule has 2 aliphatic heterocycles. The quantitative estimate of drug-likeness (QED) is 0.715. The molecule has 0 spiro atoms. The maximum atomic E-state index is 5.45. The number of aliphatic imine (C=N–C) groups is 1. The van der Waals surface area contributed by atoms with E-state index >= 15 is 0 Å². The first-order valence-electron chi connectivity index (χ1n) is 9.10. The molecule has 0 atom stereocenters. The second-order valence-corrected chi connectivity index (χ2v) is 6.80. The molecule has 0 unspecified atom stereocenters. The van der Waals surface area contributed by atoms with Crippen LogP contribution in [-0.2, 0) is 18.3 Å². The molecule has 1 saturated heterocycles. The SMILES string of the molecule is Cn1cc(-c2cc3c(cn2)CN=C3c2ccnc(N3CCOCC3)c2)cn1. The van der Waals surface area contributed by atoms with Crippen LogP contribution in [0, 0.1) is 0 Å². The van der Waals surface area contributed by atoms with Crippen LogP contribution in [0.5, 0.6) is 0 Å². The van der Waals surface area contributed by atoms with E-state index in [1.807, 2.05) is 37.9 Å². The average Bonchev–Trinajstić information content (AvgIpc) is 3.34. The van der Waals surface area contributed by atoms with Gasteiger partial charge in [0.15, 0.2) is 0 Å². The number of nitrogens with zero attached hydrogens (tertiary/aromatic N) is 6. The van der Waals surface area contributed by atoms with Crippen molar-refractivity contribution in [2.45, 2.75) is 6.54 Å². The third-order valence-electron chi connectivity index (χ3n) is 5.00. The molecular formula is C20H20N6O. The number of fused-ring (bicyclic) bond motifs is 1. The highest BCUT2D eigenvalue weighted by molar-refractivity contribution is 6.15. The zero-order chi connectivity index (χ0) is 18.2. The normalized spacial score (nSPS) is 16.3. The van der Waals surface area contributed by atoms with Crippen LogP contribution in [0.3, 0.4) is 0 Å². The van der Waals surface area contributed by atoms with Crippen molar-refractivity contribution in [1.82, 2.24) is 19.7 Å². The highest BCUT2D eigenvalue weighted by Gasteiger charge is 2.21. The van der Waals surface area contributed by atoms with Crippen molar-refractivity contribution in [2.24, 2.45) is 12.0 Å². The Bertz CT molecular complexity index is 1020. The van der Waals surface area contributed by atoms with E-state index in [0.717, 1.165) is 65.8 Å². The topological polar surface area (TPSA) is 68.4 Å². The van der Waals surface area contributed by atoms with Crippen molar-refractivity contribution in [3.8, 4) is 11.3 Å². The van der Waals surface area contributed by atoms with Gasteiger partial charge in [0.25, 0.3) is 0 Å². The van der Waals surface area contributed by atoms with E-state index in [4.69, 9.17) is 9.73 Å². The van der Waals surface area contributed by atoms with Crippen molar-refractivity contribution >= 4 is 11.5 Å². The number of aryl methyl sites for hydroxylation is 1. The number of aromatic nitrogens is 4. The van der Waals surface area contributed by atoms with Gasteiger partial charge in [-0.05, 0) is 18.2 Å². The molecule has 0 saturated carbocycles. The number of pyridine rings is 2. The number of anilines is 1. The number of hydrogen-bond acceptors (Lipinski definition) is 6. The van der Waals surface area contributed by atoms with Gasteiger partial charge >= 0.3 is 0 Å². The molecule has 136 valence electrons. The molecule has 0 aromatic carbocycles. The second kappa shape index (κ2) is 6.59. The molecule has 0 N–H and O–H groups in total. The van der Waals surface area contributed by atoms with Crippen molar-refractivity contribution in [3.63, 3.8) is 0 Å². The Morgan fingerprint density at radius 3 is 2.74 bits per heavy atom. The molecule has 0 radical (unpaired) electrons. The molecule has 5 rings (SSSR count). The summed E-state index contributed by atoms with van der Waals surface area (Å²) in [6, 6.07) is 6.28. The maximum Gasteiger partial charge on any atom is 0.129 e. The molecule has 7 nitrogen and oxygen atoms in total. The van der Waals surface area contributed by atoms with Gasteiger partial charge in [-0.3, -0.25) is 14.7 Å². The predicted octanol–water partition coefficient (Wildman–Crippen LogP) is 2.06. The fraction of sp³-hybridized carbons (Fsp3) is 0.300. The molecule has 3 aromatic heterocycles. The van der Waals surface area contributed by atoms with Gasteiger partial charge in [-0.2, -0.15) is 5.10 Å². The Hall–Kier alpha value is -3.06. The summed E-state index contributed by atoms with van der Waals surface area (Å²) in [6.45, 7) is 3.90. The lowest BCUT2D eigenvalue weighted by molar-refractivity contribution is 0.122. The molecule has 0 aliphatic carbocycles.